The molecule has 0 spiro atoms. The van der Waals surface area contributed by atoms with Crippen molar-refractivity contribution in [3.8, 4) is 0 Å². The van der Waals surface area contributed by atoms with Crippen LogP contribution in [0, 0.1) is 5.92 Å². The van der Waals surface area contributed by atoms with Crippen molar-refractivity contribution < 1.29 is 33.4 Å². The van der Waals surface area contributed by atoms with Crippen LogP contribution in [-0.4, -0.2) is 53.8 Å². The zero-order chi connectivity index (χ0) is 24.8. The summed E-state index contributed by atoms with van der Waals surface area (Å²) in [5, 5.41) is 2.56. The van der Waals surface area contributed by atoms with Gasteiger partial charge in [0.2, 0.25) is 0 Å². The number of fused-ring (bicyclic) bond motifs is 1. The Labute approximate surface area is 197 Å². The molecule has 2 aromatic rings. The van der Waals surface area contributed by atoms with Crippen molar-refractivity contribution in [2.75, 3.05) is 18.5 Å². The van der Waals surface area contributed by atoms with E-state index < -0.39 is 42.3 Å². The molecule has 0 radical (unpaired) electrons. The lowest BCUT2D eigenvalue weighted by molar-refractivity contribution is -0.151. The standard InChI is InChI=1S/C25H26N2O7/c1-4-33-24(31)16-9-11-17(12-10-16)26-21(28)14-34-25(32)20(13-15(2)3)27-22(29)18-7-5-6-8-19(18)23(27)30/h5-12,15,20H,4,13-14H2,1-3H3,(H,26,28)/t20-/m0/s1. The summed E-state index contributed by atoms with van der Waals surface area (Å²) < 4.78 is 10.1. The summed E-state index contributed by atoms with van der Waals surface area (Å²) in [4.78, 5) is 63.4. The number of esters is 2. The molecule has 34 heavy (non-hydrogen) atoms. The van der Waals surface area contributed by atoms with Gasteiger partial charge in [-0.15, -0.1) is 0 Å². The molecule has 1 aliphatic rings. The summed E-state index contributed by atoms with van der Waals surface area (Å²) in [6.45, 7) is 5.06. The van der Waals surface area contributed by atoms with E-state index in [1.54, 1.807) is 19.1 Å². The SMILES string of the molecule is CCOC(=O)c1ccc(NC(=O)COC(=O)[C@H](CC(C)C)N2C(=O)c3ccccc3C2=O)cc1. The lowest BCUT2D eigenvalue weighted by Gasteiger charge is -2.25. The second-order valence-electron chi connectivity index (χ2n) is 8.12. The molecular weight excluding hydrogens is 440 g/mol. The summed E-state index contributed by atoms with van der Waals surface area (Å²) in [6, 6.07) is 11.3. The molecular formula is C25H26N2O7. The lowest BCUT2D eigenvalue weighted by atomic mass is 10.0. The molecule has 9 nitrogen and oxygen atoms in total. The normalized spacial score (nSPS) is 13.5. The first-order valence-corrected chi connectivity index (χ1v) is 10.9. The maximum Gasteiger partial charge on any atom is 0.338 e. The first-order valence-electron chi connectivity index (χ1n) is 10.9. The Kier molecular flexibility index (Phi) is 7.78. The third-order valence-electron chi connectivity index (χ3n) is 5.13. The third kappa shape index (κ3) is 5.48. The molecule has 1 atom stereocenters. The van der Waals surface area contributed by atoms with Crippen molar-refractivity contribution in [1.29, 1.82) is 0 Å². The van der Waals surface area contributed by atoms with E-state index in [0.717, 1.165) is 4.90 Å². The molecule has 0 unspecified atom stereocenters. The fourth-order valence-electron chi connectivity index (χ4n) is 3.58. The second-order valence-corrected chi connectivity index (χ2v) is 8.12. The molecule has 1 aliphatic heterocycles. The first-order chi connectivity index (χ1) is 16.2. The van der Waals surface area contributed by atoms with Crippen LogP contribution in [0.15, 0.2) is 48.5 Å². The summed E-state index contributed by atoms with van der Waals surface area (Å²) in [5.74, 6) is -3.06. The molecule has 0 saturated heterocycles. The fourth-order valence-corrected chi connectivity index (χ4v) is 3.58. The van der Waals surface area contributed by atoms with Crippen LogP contribution in [0.2, 0.25) is 0 Å². The molecule has 0 saturated carbocycles. The van der Waals surface area contributed by atoms with Crippen molar-refractivity contribution >= 4 is 35.3 Å². The van der Waals surface area contributed by atoms with E-state index in [0.29, 0.717) is 11.3 Å². The summed E-state index contributed by atoms with van der Waals surface area (Å²) in [6.07, 6.45) is 0.196. The highest BCUT2D eigenvalue weighted by Crippen LogP contribution is 2.27. The molecule has 0 aliphatic carbocycles. The van der Waals surface area contributed by atoms with Gasteiger partial charge in [0.1, 0.15) is 6.04 Å². The highest BCUT2D eigenvalue weighted by molar-refractivity contribution is 6.22. The molecule has 1 heterocycles. The molecule has 2 aromatic carbocycles. The number of amides is 3. The highest BCUT2D eigenvalue weighted by atomic mass is 16.5. The van der Waals surface area contributed by atoms with Gasteiger partial charge in [-0.3, -0.25) is 19.3 Å². The average molecular weight is 466 g/mol. The predicted molar refractivity (Wildman–Crippen MR) is 122 cm³/mol. The Morgan fingerprint density at radius 2 is 1.50 bits per heavy atom. The Morgan fingerprint density at radius 3 is 2.03 bits per heavy atom. The van der Waals surface area contributed by atoms with E-state index in [9.17, 15) is 24.0 Å². The summed E-state index contributed by atoms with van der Waals surface area (Å²) >= 11 is 0. The molecule has 1 N–H and O–H groups in total. The Bertz CT molecular complexity index is 1070. The first kappa shape index (κ1) is 24.6. The number of ether oxygens (including phenoxy) is 2. The van der Waals surface area contributed by atoms with Gasteiger partial charge >= 0.3 is 11.9 Å². The van der Waals surface area contributed by atoms with Gasteiger partial charge in [0, 0.05) is 5.69 Å². The minimum absolute atomic E-state index is 0.0198. The summed E-state index contributed by atoms with van der Waals surface area (Å²) in [5.41, 5.74) is 1.20. The van der Waals surface area contributed by atoms with Gasteiger partial charge in [0.25, 0.3) is 17.7 Å². The third-order valence-corrected chi connectivity index (χ3v) is 5.13. The zero-order valence-corrected chi connectivity index (χ0v) is 19.2. The number of nitrogens with zero attached hydrogens (tertiary/aromatic N) is 1. The van der Waals surface area contributed by atoms with Gasteiger partial charge < -0.3 is 14.8 Å². The van der Waals surface area contributed by atoms with E-state index in [1.165, 1.54) is 36.4 Å². The maximum atomic E-state index is 12.8. The quantitative estimate of drug-likeness (QED) is 0.446. The fraction of sp³-hybridized carbons (Fsp3) is 0.320. The van der Waals surface area contributed by atoms with Gasteiger partial charge in [0.05, 0.1) is 23.3 Å². The molecule has 3 amide bonds. The topological polar surface area (TPSA) is 119 Å². The van der Waals surface area contributed by atoms with Crippen molar-refractivity contribution in [3.05, 3.63) is 65.2 Å². The van der Waals surface area contributed by atoms with Crippen LogP contribution < -0.4 is 5.32 Å². The maximum absolute atomic E-state index is 12.8. The van der Waals surface area contributed by atoms with Crippen LogP contribution in [0.5, 0.6) is 0 Å². The molecule has 3 rings (SSSR count). The number of benzene rings is 2. The van der Waals surface area contributed by atoms with Crippen LogP contribution in [0.25, 0.3) is 0 Å². The predicted octanol–water partition coefficient (Wildman–Crippen LogP) is 3.06. The van der Waals surface area contributed by atoms with E-state index >= 15 is 0 Å². The van der Waals surface area contributed by atoms with Gasteiger partial charge in [-0.2, -0.15) is 0 Å². The van der Waals surface area contributed by atoms with Gasteiger partial charge in [-0.1, -0.05) is 26.0 Å². The minimum Gasteiger partial charge on any atom is -0.462 e. The van der Waals surface area contributed by atoms with Gasteiger partial charge in [-0.05, 0) is 55.7 Å². The monoisotopic (exact) mass is 466 g/mol. The van der Waals surface area contributed by atoms with Crippen molar-refractivity contribution in [2.45, 2.75) is 33.2 Å². The summed E-state index contributed by atoms with van der Waals surface area (Å²) in [7, 11) is 0. The van der Waals surface area contributed by atoms with Crippen LogP contribution in [0.4, 0.5) is 5.69 Å². The van der Waals surface area contributed by atoms with Crippen molar-refractivity contribution in [2.24, 2.45) is 5.92 Å². The number of anilines is 1. The van der Waals surface area contributed by atoms with Crippen LogP contribution in [-0.2, 0) is 19.1 Å². The lowest BCUT2D eigenvalue weighted by Crippen LogP contribution is -2.46. The minimum atomic E-state index is -1.15. The Balaban J connectivity index is 1.63. The largest absolute Gasteiger partial charge is 0.462 e. The van der Waals surface area contributed by atoms with Crippen molar-refractivity contribution in [3.63, 3.8) is 0 Å². The van der Waals surface area contributed by atoms with Gasteiger partial charge in [0.15, 0.2) is 6.61 Å². The van der Waals surface area contributed by atoms with Crippen molar-refractivity contribution in [1.82, 2.24) is 4.90 Å². The number of hydrogen-bond acceptors (Lipinski definition) is 7. The van der Waals surface area contributed by atoms with Gasteiger partial charge in [-0.25, -0.2) is 9.59 Å². The van der Waals surface area contributed by atoms with E-state index in [2.05, 4.69) is 5.32 Å². The zero-order valence-electron chi connectivity index (χ0n) is 19.2. The van der Waals surface area contributed by atoms with E-state index in [1.807, 2.05) is 13.8 Å². The molecule has 178 valence electrons. The average Bonchev–Trinajstić information content (AvgIpc) is 3.06. The smallest absolute Gasteiger partial charge is 0.338 e. The molecule has 0 bridgehead atoms. The molecule has 0 aromatic heterocycles. The Morgan fingerprint density at radius 1 is 0.912 bits per heavy atom. The number of nitrogens with one attached hydrogen (secondary N) is 1. The number of rotatable bonds is 9. The number of imide groups is 1. The van der Waals surface area contributed by atoms with Crippen LogP contribution in [0.1, 0.15) is 58.3 Å². The molecule has 0 fully saturated rings. The number of carbonyl (C=O) groups excluding carboxylic acids is 5. The second kappa shape index (κ2) is 10.7. The molecule has 9 heteroatoms. The number of carbonyl (C=O) groups is 5. The highest BCUT2D eigenvalue weighted by Gasteiger charge is 2.43. The van der Waals surface area contributed by atoms with Crippen LogP contribution in [0.3, 0.4) is 0 Å². The van der Waals surface area contributed by atoms with E-state index in [4.69, 9.17) is 9.47 Å². The van der Waals surface area contributed by atoms with Crippen LogP contribution >= 0.6 is 0 Å². The Hall–Kier alpha value is -4.01. The van der Waals surface area contributed by atoms with E-state index in [-0.39, 0.29) is 30.1 Å². The number of hydrogen-bond donors (Lipinski definition) is 1.